The number of fused-ring (bicyclic) bond motifs is 3. The zero-order valence-corrected chi connectivity index (χ0v) is 28.2. The van der Waals surface area contributed by atoms with Crippen molar-refractivity contribution < 1.29 is 0 Å². The number of anilines is 3. The van der Waals surface area contributed by atoms with Crippen LogP contribution in [0.15, 0.2) is 212 Å². The normalized spacial score (nSPS) is 11.1. The van der Waals surface area contributed by atoms with Gasteiger partial charge in [0.15, 0.2) is 0 Å². The summed E-state index contributed by atoms with van der Waals surface area (Å²) in [6.45, 7) is 0. The fourth-order valence-corrected chi connectivity index (χ4v) is 7.29. The van der Waals surface area contributed by atoms with Gasteiger partial charge in [0.1, 0.15) is 0 Å². The van der Waals surface area contributed by atoms with Crippen LogP contribution in [0.1, 0.15) is 0 Å². The second-order valence-electron chi connectivity index (χ2n) is 13.0. The van der Waals surface area contributed by atoms with Gasteiger partial charge in [-0.1, -0.05) is 170 Å². The van der Waals surface area contributed by atoms with Gasteiger partial charge < -0.3 is 4.90 Å². The Morgan fingerprint density at radius 2 is 0.706 bits per heavy atom. The molecule has 0 amide bonds. The van der Waals surface area contributed by atoms with Crippen LogP contribution in [0.2, 0.25) is 0 Å². The molecule has 9 aromatic rings. The standard InChI is InChI=1S/C50H35N/c1-4-13-36(14-5-1)42-20-12-21-43(33-42)37-25-28-44(29-26-37)51(45-30-27-41-24-23-40-19-10-11-22-47(40)50(41)34-45)46-31-32-48(38-15-6-2-7-16-38)49(35-46)39-17-8-3-9-18-39/h1-35H. The molecule has 0 saturated carbocycles. The van der Waals surface area contributed by atoms with Crippen LogP contribution < -0.4 is 4.90 Å². The van der Waals surface area contributed by atoms with Crippen molar-refractivity contribution in [2.24, 2.45) is 0 Å². The number of nitrogens with zero attached hydrogens (tertiary/aromatic N) is 1. The minimum absolute atomic E-state index is 1.10. The molecule has 0 radical (unpaired) electrons. The summed E-state index contributed by atoms with van der Waals surface area (Å²) in [6, 6.07) is 76.7. The SMILES string of the molecule is c1ccc(-c2cccc(-c3ccc(N(c4ccc(-c5ccccc5)c(-c5ccccc5)c4)c4ccc5ccc6ccccc6c5c4)cc3)c2)cc1. The summed E-state index contributed by atoms with van der Waals surface area (Å²) in [4.78, 5) is 2.40. The highest BCUT2D eigenvalue weighted by molar-refractivity contribution is 6.09. The molecular formula is C50H35N. The third kappa shape index (κ3) is 5.96. The second kappa shape index (κ2) is 13.3. The molecule has 0 atom stereocenters. The van der Waals surface area contributed by atoms with Gasteiger partial charge in [-0.3, -0.25) is 0 Å². The fourth-order valence-electron chi connectivity index (χ4n) is 7.29. The molecule has 0 aliphatic carbocycles. The van der Waals surface area contributed by atoms with Crippen molar-refractivity contribution in [3.63, 3.8) is 0 Å². The maximum atomic E-state index is 2.40. The molecule has 0 N–H and O–H groups in total. The maximum Gasteiger partial charge on any atom is 0.0468 e. The minimum Gasteiger partial charge on any atom is -0.310 e. The molecule has 0 fully saturated rings. The Morgan fingerprint density at radius 1 is 0.235 bits per heavy atom. The van der Waals surface area contributed by atoms with Gasteiger partial charge in [-0.15, -0.1) is 0 Å². The summed E-state index contributed by atoms with van der Waals surface area (Å²) in [6.07, 6.45) is 0. The van der Waals surface area contributed by atoms with Crippen LogP contribution in [0.25, 0.3) is 66.1 Å². The van der Waals surface area contributed by atoms with E-state index in [2.05, 4.69) is 217 Å². The predicted molar refractivity (Wildman–Crippen MR) is 218 cm³/mol. The summed E-state index contributed by atoms with van der Waals surface area (Å²) in [7, 11) is 0. The highest BCUT2D eigenvalue weighted by Gasteiger charge is 2.17. The van der Waals surface area contributed by atoms with Gasteiger partial charge in [-0.25, -0.2) is 0 Å². The van der Waals surface area contributed by atoms with Crippen LogP contribution in [0.5, 0.6) is 0 Å². The lowest BCUT2D eigenvalue weighted by atomic mass is 9.93. The van der Waals surface area contributed by atoms with Crippen LogP contribution in [0.4, 0.5) is 17.1 Å². The molecule has 0 aromatic heterocycles. The van der Waals surface area contributed by atoms with Crippen molar-refractivity contribution in [2.75, 3.05) is 4.90 Å². The van der Waals surface area contributed by atoms with Crippen LogP contribution in [0, 0.1) is 0 Å². The Balaban J connectivity index is 1.21. The molecular weight excluding hydrogens is 615 g/mol. The van der Waals surface area contributed by atoms with Crippen molar-refractivity contribution >= 4 is 38.6 Å². The van der Waals surface area contributed by atoms with Crippen LogP contribution >= 0.6 is 0 Å². The first-order chi connectivity index (χ1) is 25.3. The van der Waals surface area contributed by atoms with Crippen molar-refractivity contribution in [1.82, 2.24) is 0 Å². The molecule has 0 bridgehead atoms. The summed E-state index contributed by atoms with van der Waals surface area (Å²) in [5.41, 5.74) is 12.9. The second-order valence-corrected chi connectivity index (χ2v) is 13.0. The first kappa shape index (κ1) is 30.4. The zero-order chi connectivity index (χ0) is 34.0. The predicted octanol–water partition coefficient (Wildman–Crippen LogP) is 14.1. The minimum atomic E-state index is 1.10. The maximum absolute atomic E-state index is 2.40. The molecule has 0 saturated heterocycles. The average Bonchev–Trinajstić information content (AvgIpc) is 3.22. The van der Waals surface area contributed by atoms with E-state index in [-0.39, 0.29) is 0 Å². The van der Waals surface area contributed by atoms with Crippen molar-refractivity contribution in [3.05, 3.63) is 212 Å². The van der Waals surface area contributed by atoms with E-state index < -0.39 is 0 Å². The number of benzene rings is 9. The third-order valence-electron chi connectivity index (χ3n) is 9.85. The zero-order valence-electron chi connectivity index (χ0n) is 28.2. The molecule has 1 heteroatoms. The smallest absolute Gasteiger partial charge is 0.0468 e. The van der Waals surface area contributed by atoms with Crippen molar-refractivity contribution in [3.8, 4) is 44.5 Å². The topological polar surface area (TPSA) is 3.24 Å². The van der Waals surface area contributed by atoms with E-state index in [1.807, 2.05) is 0 Å². The molecule has 0 aliphatic heterocycles. The molecule has 240 valence electrons. The van der Waals surface area contributed by atoms with Crippen molar-refractivity contribution in [1.29, 1.82) is 0 Å². The Kier molecular flexibility index (Phi) is 7.92. The largest absolute Gasteiger partial charge is 0.310 e. The lowest BCUT2D eigenvalue weighted by Crippen LogP contribution is -2.10. The monoisotopic (exact) mass is 649 g/mol. The molecule has 0 aliphatic rings. The summed E-state index contributed by atoms with van der Waals surface area (Å²) < 4.78 is 0. The van der Waals surface area contributed by atoms with E-state index >= 15 is 0 Å². The van der Waals surface area contributed by atoms with Gasteiger partial charge in [0.05, 0.1) is 0 Å². The lowest BCUT2D eigenvalue weighted by molar-refractivity contribution is 1.29. The van der Waals surface area contributed by atoms with E-state index in [0.29, 0.717) is 0 Å². The molecule has 9 aromatic carbocycles. The molecule has 0 spiro atoms. The highest BCUT2D eigenvalue weighted by Crippen LogP contribution is 2.42. The number of hydrogen-bond donors (Lipinski definition) is 0. The van der Waals surface area contributed by atoms with Gasteiger partial charge in [-0.2, -0.15) is 0 Å². The van der Waals surface area contributed by atoms with E-state index in [9.17, 15) is 0 Å². The lowest BCUT2D eigenvalue weighted by Gasteiger charge is -2.27. The van der Waals surface area contributed by atoms with E-state index in [0.717, 1.165) is 17.1 Å². The highest BCUT2D eigenvalue weighted by atomic mass is 15.1. The first-order valence-corrected chi connectivity index (χ1v) is 17.5. The number of rotatable bonds is 7. The Bertz CT molecular complexity index is 2610. The first-order valence-electron chi connectivity index (χ1n) is 17.5. The Labute approximate surface area is 299 Å². The fraction of sp³-hybridized carbons (Fsp3) is 0. The van der Waals surface area contributed by atoms with E-state index in [4.69, 9.17) is 0 Å². The number of hydrogen-bond acceptors (Lipinski definition) is 1. The Morgan fingerprint density at radius 3 is 1.39 bits per heavy atom. The van der Waals surface area contributed by atoms with Gasteiger partial charge in [0, 0.05) is 17.1 Å². The van der Waals surface area contributed by atoms with Gasteiger partial charge >= 0.3 is 0 Å². The molecule has 9 rings (SSSR count). The van der Waals surface area contributed by atoms with E-state index in [1.165, 1.54) is 66.1 Å². The molecule has 51 heavy (non-hydrogen) atoms. The molecule has 0 heterocycles. The third-order valence-corrected chi connectivity index (χ3v) is 9.85. The van der Waals surface area contributed by atoms with Gasteiger partial charge in [0.25, 0.3) is 0 Å². The van der Waals surface area contributed by atoms with E-state index in [1.54, 1.807) is 0 Å². The van der Waals surface area contributed by atoms with Crippen LogP contribution in [0.3, 0.4) is 0 Å². The summed E-state index contributed by atoms with van der Waals surface area (Å²) in [5.74, 6) is 0. The average molecular weight is 650 g/mol. The summed E-state index contributed by atoms with van der Waals surface area (Å²) >= 11 is 0. The summed E-state index contributed by atoms with van der Waals surface area (Å²) in [5, 5.41) is 4.98. The Hall–Kier alpha value is -6.70. The van der Waals surface area contributed by atoms with Crippen LogP contribution in [-0.2, 0) is 0 Å². The van der Waals surface area contributed by atoms with Gasteiger partial charge in [0.2, 0.25) is 0 Å². The van der Waals surface area contributed by atoms with Crippen molar-refractivity contribution in [2.45, 2.75) is 0 Å². The van der Waals surface area contributed by atoms with Crippen LogP contribution in [-0.4, -0.2) is 0 Å². The quantitative estimate of drug-likeness (QED) is 0.155. The molecule has 1 nitrogen and oxygen atoms in total. The molecule has 0 unspecified atom stereocenters. The van der Waals surface area contributed by atoms with Gasteiger partial charge in [-0.05, 0) is 109 Å².